The largest absolute Gasteiger partial charge is 0.493 e. The van der Waals surface area contributed by atoms with Crippen LogP contribution in [-0.2, 0) is 20.9 Å². The Balaban J connectivity index is 1.41. The fourth-order valence-corrected chi connectivity index (χ4v) is 5.56. The molecule has 0 saturated carbocycles. The first-order valence-electron chi connectivity index (χ1n) is 15.7. The van der Waals surface area contributed by atoms with Crippen molar-refractivity contribution < 1.29 is 33.3 Å². The molecular formula is C36H46N4O7. The Hall–Kier alpha value is -4.77. The molecule has 3 aromatic rings. The summed E-state index contributed by atoms with van der Waals surface area (Å²) in [6, 6.07) is 24.2. The van der Waals surface area contributed by atoms with Gasteiger partial charge in [0.2, 0.25) is 17.6 Å². The smallest absolute Gasteiger partial charge is 0.411 e. The first-order valence-corrected chi connectivity index (χ1v) is 15.7. The van der Waals surface area contributed by atoms with Gasteiger partial charge in [-0.3, -0.25) is 19.4 Å². The number of methoxy groups -OCH3 is 3. The highest BCUT2D eigenvalue weighted by Gasteiger charge is 2.31. The van der Waals surface area contributed by atoms with E-state index in [0.717, 1.165) is 4.90 Å². The van der Waals surface area contributed by atoms with E-state index in [2.05, 4.69) is 34.5 Å². The van der Waals surface area contributed by atoms with Gasteiger partial charge in [0.25, 0.3) is 0 Å². The lowest BCUT2D eigenvalue weighted by Gasteiger charge is -2.40. The molecule has 11 nitrogen and oxygen atoms in total. The van der Waals surface area contributed by atoms with E-state index in [0.29, 0.717) is 49.0 Å². The summed E-state index contributed by atoms with van der Waals surface area (Å²) in [7, 11) is 4.54. The molecule has 1 aliphatic rings. The summed E-state index contributed by atoms with van der Waals surface area (Å²) in [6.07, 6.45) is -0.736. The average molecular weight is 647 g/mol. The monoisotopic (exact) mass is 646 g/mol. The third kappa shape index (κ3) is 9.62. The van der Waals surface area contributed by atoms with Crippen molar-refractivity contribution in [1.29, 1.82) is 0 Å². The number of hydrogen-bond acceptors (Lipinski definition) is 8. The minimum Gasteiger partial charge on any atom is -0.493 e. The van der Waals surface area contributed by atoms with Crippen LogP contribution in [0.4, 0.5) is 4.79 Å². The van der Waals surface area contributed by atoms with Crippen LogP contribution in [0, 0.1) is 0 Å². The average Bonchev–Trinajstić information content (AvgIpc) is 3.07. The van der Waals surface area contributed by atoms with Crippen LogP contribution in [0.15, 0.2) is 72.8 Å². The van der Waals surface area contributed by atoms with E-state index in [1.54, 1.807) is 37.8 Å². The van der Waals surface area contributed by atoms with Gasteiger partial charge in [0, 0.05) is 32.7 Å². The summed E-state index contributed by atoms with van der Waals surface area (Å²) in [6.45, 7) is 7.01. The van der Waals surface area contributed by atoms with Crippen LogP contribution in [-0.4, -0.2) is 98.8 Å². The van der Waals surface area contributed by atoms with Gasteiger partial charge in [-0.25, -0.2) is 4.79 Å². The van der Waals surface area contributed by atoms with E-state index in [9.17, 15) is 14.4 Å². The minimum atomic E-state index is -0.805. The van der Waals surface area contributed by atoms with Crippen molar-refractivity contribution in [3.05, 3.63) is 89.5 Å². The van der Waals surface area contributed by atoms with Crippen molar-refractivity contribution in [1.82, 2.24) is 20.0 Å². The molecule has 3 aromatic carbocycles. The van der Waals surface area contributed by atoms with Crippen LogP contribution < -0.4 is 19.5 Å². The third-order valence-electron chi connectivity index (χ3n) is 7.79. The number of carbonyl (C=O) groups excluding carboxylic acids is 3. The van der Waals surface area contributed by atoms with Gasteiger partial charge in [-0.1, -0.05) is 60.7 Å². The minimum absolute atomic E-state index is 0.0576. The summed E-state index contributed by atoms with van der Waals surface area (Å²) in [4.78, 5) is 45.1. The van der Waals surface area contributed by atoms with Gasteiger partial charge in [0.1, 0.15) is 18.7 Å². The number of benzene rings is 3. The fourth-order valence-electron chi connectivity index (χ4n) is 5.56. The van der Waals surface area contributed by atoms with Gasteiger partial charge in [-0.05, 0) is 49.6 Å². The molecule has 0 aromatic heterocycles. The van der Waals surface area contributed by atoms with E-state index < -0.39 is 17.6 Å². The Morgan fingerprint density at radius 2 is 1.32 bits per heavy atom. The first kappa shape index (κ1) is 35.1. The van der Waals surface area contributed by atoms with Crippen molar-refractivity contribution in [2.75, 3.05) is 60.6 Å². The zero-order valence-corrected chi connectivity index (χ0v) is 28.2. The molecule has 252 valence electrons. The van der Waals surface area contributed by atoms with E-state index >= 15 is 0 Å². The van der Waals surface area contributed by atoms with E-state index in [4.69, 9.17) is 18.9 Å². The van der Waals surface area contributed by atoms with E-state index in [-0.39, 0.29) is 31.6 Å². The van der Waals surface area contributed by atoms with Crippen LogP contribution in [0.3, 0.4) is 0 Å². The molecule has 1 aliphatic heterocycles. The van der Waals surface area contributed by atoms with Crippen molar-refractivity contribution in [2.45, 2.75) is 39.0 Å². The first-order chi connectivity index (χ1) is 22.5. The molecule has 4 rings (SSSR count). The van der Waals surface area contributed by atoms with Crippen molar-refractivity contribution in [3.63, 3.8) is 0 Å². The molecule has 1 N–H and O–H groups in total. The Kier molecular flexibility index (Phi) is 12.1. The Bertz CT molecular complexity index is 1420. The van der Waals surface area contributed by atoms with Gasteiger partial charge < -0.3 is 29.2 Å². The molecule has 0 spiro atoms. The fraction of sp³-hybridized carbons (Fsp3) is 0.417. The molecule has 0 aliphatic carbocycles. The highest BCUT2D eigenvalue weighted by atomic mass is 16.6. The van der Waals surface area contributed by atoms with Crippen molar-refractivity contribution in [3.8, 4) is 17.2 Å². The number of rotatable bonds is 12. The normalized spacial score (nSPS) is 13.6. The maximum absolute atomic E-state index is 13.5. The molecule has 11 heteroatoms. The topological polar surface area (TPSA) is 110 Å². The van der Waals surface area contributed by atoms with Crippen LogP contribution in [0.25, 0.3) is 0 Å². The van der Waals surface area contributed by atoms with E-state index in [1.807, 2.05) is 36.4 Å². The molecule has 1 saturated heterocycles. The Labute approximate surface area is 277 Å². The molecule has 3 amide bonds. The van der Waals surface area contributed by atoms with Gasteiger partial charge in [-0.15, -0.1) is 0 Å². The van der Waals surface area contributed by atoms with Crippen molar-refractivity contribution >= 4 is 17.9 Å². The lowest BCUT2D eigenvalue weighted by Crippen LogP contribution is -2.53. The molecule has 0 atom stereocenters. The Morgan fingerprint density at radius 3 is 1.79 bits per heavy atom. The quantitative estimate of drug-likeness (QED) is 0.307. The predicted octanol–water partition coefficient (Wildman–Crippen LogP) is 4.50. The number of hydrogen-bond donors (Lipinski definition) is 1. The zero-order chi connectivity index (χ0) is 34.0. The van der Waals surface area contributed by atoms with Crippen molar-refractivity contribution in [2.24, 2.45) is 0 Å². The highest BCUT2D eigenvalue weighted by Crippen LogP contribution is 2.38. The molecule has 0 radical (unpaired) electrons. The molecule has 1 heterocycles. The summed E-state index contributed by atoms with van der Waals surface area (Å²) < 4.78 is 21.7. The van der Waals surface area contributed by atoms with Gasteiger partial charge in [0.05, 0.1) is 27.4 Å². The summed E-state index contributed by atoms with van der Waals surface area (Å²) in [5, 5.41) is 2.82. The summed E-state index contributed by atoms with van der Waals surface area (Å²) in [5.41, 5.74) is 2.27. The predicted molar refractivity (Wildman–Crippen MR) is 179 cm³/mol. The zero-order valence-electron chi connectivity index (χ0n) is 28.2. The second-order valence-electron chi connectivity index (χ2n) is 12.3. The van der Waals surface area contributed by atoms with Crippen LogP contribution in [0.5, 0.6) is 17.2 Å². The number of ether oxygens (including phenoxy) is 4. The second-order valence-corrected chi connectivity index (χ2v) is 12.3. The molecular weight excluding hydrogens is 600 g/mol. The molecule has 47 heavy (non-hydrogen) atoms. The van der Waals surface area contributed by atoms with Gasteiger partial charge in [-0.2, -0.15) is 0 Å². The summed E-state index contributed by atoms with van der Waals surface area (Å²) >= 11 is 0. The highest BCUT2D eigenvalue weighted by molar-refractivity contribution is 5.87. The van der Waals surface area contributed by atoms with Gasteiger partial charge >= 0.3 is 6.09 Å². The lowest BCUT2D eigenvalue weighted by molar-refractivity contribution is -0.135. The molecule has 1 fully saturated rings. The maximum atomic E-state index is 13.5. The van der Waals surface area contributed by atoms with Crippen LogP contribution in [0.2, 0.25) is 0 Å². The standard InChI is InChI=1S/C36H46N4O7/c1-36(2,3)47-35(43)40(24-31(41)37-23-26-21-29(44-4)34(46-6)30(22-26)45-5)25-32(42)38-17-19-39(20-18-38)33(27-13-9-7-10-14-27)28-15-11-8-12-16-28/h7-16,21-22,33H,17-20,23-25H2,1-6H3,(H,37,41). The second kappa shape index (κ2) is 16.2. The van der Waals surface area contributed by atoms with Gasteiger partial charge in [0.15, 0.2) is 11.5 Å². The van der Waals surface area contributed by atoms with E-state index in [1.165, 1.54) is 32.5 Å². The number of piperazine rings is 1. The number of nitrogens with zero attached hydrogens (tertiary/aromatic N) is 3. The SMILES string of the molecule is COc1cc(CNC(=O)CN(CC(=O)N2CCN(C(c3ccccc3)c3ccccc3)CC2)C(=O)OC(C)(C)C)cc(OC)c1OC. The third-order valence-corrected chi connectivity index (χ3v) is 7.79. The summed E-state index contributed by atoms with van der Waals surface area (Å²) in [5.74, 6) is 0.656. The van der Waals surface area contributed by atoms with Crippen LogP contribution >= 0.6 is 0 Å². The van der Waals surface area contributed by atoms with Crippen LogP contribution in [0.1, 0.15) is 43.5 Å². The maximum Gasteiger partial charge on any atom is 0.411 e. The number of carbonyl (C=O) groups is 3. The molecule has 0 bridgehead atoms. The number of nitrogens with one attached hydrogen (secondary N) is 1. The molecule has 0 unspecified atom stereocenters. The Morgan fingerprint density at radius 1 is 0.787 bits per heavy atom. The number of amides is 3. The lowest BCUT2D eigenvalue weighted by atomic mass is 9.96.